The van der Waals surface area contributed by atoms with Gasteiger partial charge in [-0.05, 0) is 92.9 Å². The van der Waals surface area contributed by atoms with E-state index < -0.39 is 84.1 Å². The van der Waals surface area contributed by atoms with Gasteiger partial charge in [0.05, 0.1) is 12.6 Å². The Morgan fingerprint density at radius 1 is 0.705 bits per heavy atom. The fourth-order valence-electron chi connectivity index (χ4n) is 6.87. The molecule has 0 unspecified atom stereocenters. The highest BCUT2D eigenvalue weighted by molar-refractivity contribution is 5.96. The van der Waals surface area contributed by atoms with Gasteiger partial charge in [0.15, 0.2) is 0 Å². The summed E-state index contributed by atoms with van der Waals surface area (Å²) in [5.74, 6) is -4.54. The summed E-state index contributed by atoms with van der Waals surface area (Å²) in [5, 5.41) is 32.5. The van der Waals surface area contributed by atoms with Crippen LogP contribution in [0.25, 0.3) is 0 Å². The predicted molar refractivity (Wildman–Crippen MR) is 225 cm³/mol. The second-order valence-electron chi connectivity index (χ2n) is 15.1. The molecule has 6 atom stereocenters. The number of phenols is 2. The van der Waals surface area contributed by atoms with Gasteiger partial charge in [0.1, 0.15) is 41.7 Å². The first-order chi connectivity index (χ1) is 29.1. The Labute approximate surface area is 354 Å². The Kier molecular flexibility index (Phi) is 18.0. The number of phenolic OH excluding ortho intramolecular Hbond substituents is 2. The van der Waals surface area contributed by atoms with Gasteiger partial charge >= 0.3 is 0 Å². The SMILES string of the molecule is C[C@@H](NC(=O)[C@@H](N)Cc1ccc(O)cc1)C(=O)N[C@@H](Cc1ccccc1)C(=O)NCC(=O)N[C@@H](Cc1ccc(O)cc1)C(=O)N1CCC[C@H]1C(=O)N[C@@H](CCCCN)C(N)=O. The third kappa shape index (κ3) is 14.9. The maximum Gasteiger partial charge on any atom is 0.246 e. The number of nitrogens with two attached hydrogens (primary N) is 3. The lowest BCUT2D eigenvalue weighted by Crippen LogP contribution is -2.58. The quantitative estimate of drug-likeness (QED) is 0.0555. The molecule has 328 valence electrons. The number of carbonyl (C=O) groups is 7. The molecule has 0 saturated carbocycles. The van der Waals surface area contributed by atoms with Gasteiger partial charge in [0.2, 0.25) is 41.4 Å². The molecule has 7 amide bonds. The van der Waals surface area contributed by atoms with E-state index in [0.29, 0.717) is 48.9 Å². The molecule has 0 aromatic heterocycles. The summed E-state index contributed by atoms with van der Waals surface area (Å²) in [5.41, 5.74) is 19.2. The lowest BCUT2D eigenvalue weighted by Gasteiger charge is -2.30. The van der Waals surface area contributed by atoms with Gasteiger partial charge in [0, 0.05) is 19.4 Å². The van der Waals surface area contributed by atoms with Gasteiger partial charge in [-0.15, -0.1) is 0 Å². The summed E-state index contributed by atoms with van der Waals surface area (Å²) in [6.45, 7) is 1.46. The minimum Gasteiger partial charge on any atom is -0.508 e. The van der Waals surface area contributed by atoms with Gasteiger partial charge in [-0.25, -0.2) is 0 Å². The number of likely N-dealkylation sites (tertiary alicyclic amines) is 1. The molecule has 1 aliphatic heterocycles. The van der Waals surface area contributed by atoms with E-state index in [4.69, 9.17) is 17.2 Å². The Balaban J connectivity index is 1.42. The molecule has 3 aromatic carbocycles. The number of primary amides is 1. The average molecular weight is 844 g/mol. The Morgan fingerprint density at radius 2 is 1.30 bits per heavy atom. The second-order valence-corrected chi connectivity index (χ2v) is 15.1. The molecule has 61 heavy (non-hydrogen) atoms. The minimum absolute atomic E-state index is 0.00627. The number of rotatable bonds is 22. The molecule has 0 radical (unpaired) electrons. The van der Waals surface area contributed by atoms with Crippen LogP contribution in [0.5, 0.6) is 11.5 Å². The normalized spacial score (nSPS) is 15.9. The van der Waals surface area contributed by atoms with Crippen molar-refractivity contribution in [1.82, 2.24) is 31.5 Å². The van der Waals surface area contributed by atoms with Gasteiger partial charge in [-0.1, -0.05) is 54.6 Å². The van der Waals surface area contributed by atoms with Crippen LogP contribution in [0.4, 0.5) is 0 Å². The Bertz CT molecular complexity index is 1970. The van der Waals surface area contributed by atoms with Crippen LogP contribution in [-0.4, -0.2) is 112 Å². The van der Waals surface area contributed by atoms with E-state index >= 15 is 0 Å². The number of carbonyl (C=O) groups excluding carboxylic acids is 7. The highest BCUT2D eigenvalue weighted by atomic mass is 16.3. The molecule has 13 N–H and O–H groups in total. The van der Waals surface area contributed by atoms with E-state index in [0.717, 1.165) is 0 Å². The van der Waals surface area contributed by atoms with Gasteiger partial charge < -0.3 is 58.9 Å². The van der Waals surface area contributed by atoms with Crippen LogP contribution < -0.4 is 43.8 Å². The van der Waals surface area contributed by atoms with Crippen LogP contribution in [0, 0.1) is 0 Å². The fourth-order valence-corrected chi connectivity index (χ4v) is 6.87. The standard InChI is InChI=1S/C43H57N9O9/c1-26(48-40(58)32(45)22-28-12-16-30(53)17-13-28)39(57)51-34(23-27-8-3-2-4-9-27)41(59)47-25-37(55)49-35(24-29-14-18-31(54)19-15-29)43(61)52-21-7-11-36(52)42(60)50-33(38(46)56)10-5-6-20-44/h2-4,8-9,12-19,26,32-36,53-54H,5-7,10-11,20-25,44-45H2,1H3,(H2,46,56)(H,47,59)(H,48,58)(H,49,55)(H,50,60)(H,51,57)/t26-,32+,33+,34+,35+,36+/m1/s1. The third-order valence-electron chi connectivity index (χ3n) is 10.3. The Morgan fingerprint density at radius 3 is 1.90 bits per heavy atom. The van der Waals surface area contributed by atoms with Gasteiger partial charge in [0.25, 0.3) is 0 Å². The first-order valence-corrected chi connectivity index (χ1v) is 20.3. The Hall–Kier alpha value is -6.53. The van der Waals surface area contributed by atoms with Crippen LogP contribution in [0.3, 0.4) is 0 Å². The molecule has 1 heterocycles. The third-order valence-corrected chi connectivity index (χ3v) is 10.3. The number of nitrogens with one attached hydrogen (secondary N) is 5. The number of hydrogen-bond acceptors (Lipinski definition) is 11. The number of amides is 7. The minimum atomic E-state index is -1.21. The molecule has 1 aliphatic rings. The zero-order valence-corrected chi connectivity index (χ0v) is 34.2. The van der Waals surface area contributed by atoms with Crippen molar-refractivity contribution in [3.8, 4) is 11.5 Å². The van der Waals surface area contributed by atoms with Crippen molar-refractivity contribution in [3.05, 3.63) is 95.6 Å². The first-order valence-electron chi connectivity index (χ1n) is 20.3. The van der Waals surface area contributed by atoms with Crippen molar-refractivity contribution in [2.75, 3.05) is 19.6 Å². The molecule has 0 spiro atoms. The molecule has 4 rings (SSSR count). The molecule has 0 bridgehead atoms. The van der Waals surface area contributed by atoms with Gasteiger partial charge in [-0.2, -0.15) is 0 Å². The summed E-state index contributed by atoms with van der Waals surface area (Å²) in [6, 6.07) is 14.6. The molecule has 18 heteroatoms. The zero-order valence-electron chi connectivity index (χ0n) is 34.2. The van der Waals surface area contributed by atoms with E-state index in [-0.39, 0.29) is 43.7 Å². The van der Waals surface area contributed by atoms with Crippen molar-refractivity contribution < 1.29 is 43.8 Å². The average Bonchev–Trinajstić information content (AvgIpc) is 3.74. The summed E-state index contributed by atoms with van der Waals surface area (Å²) < 4.78 is 0. The molecule has 1 fully saturated rings. The van der Waals surface area contributed by atoms with Crippen LogP contribution in [0.1, 0.15) is 55.7 Å². The lowest BCUT2D eigenvalue weighted by atomic mass is 10.0. The molecular weight excluding hydrogens is 787 g/mol. The zero-order chi connectivity index (χ0) is 44.5. The first kappa shape index (κ1) is 47.2. The fraction of sp³-hybridized carbons (Fsp3) is 0.419. The number of nitrogens with zero attached hydrogens (tertiary/aromatic N) is 1. The van der Waals surface area contributed by atoms with E-state index in [2.05, 4.69) is 26.6 Å². The summed E-state index contributed by atoms with van der Waals surface area (Å²) in [7, 11) is 0. The van der Waals surface area contributed by atoms with Gasteiger partial charge in [-0.3, -0.25) is 33.6 Å². The smallest absolute Gasteiger partial charge is 0.246 e. The molecular formula is C43H57N9O9. The van der Waals surface area contributed by atoms with E-state index in [9.17, 15) is 43.8 Å². The summed E-state index contributed by atoms with van der Waals surface area (Å²) in [4.78, 5) is 94.4. The number of aromatic hydroxyl groups is 2. The van der Waals surface area contributed by atoms with Crippen molar-refractivity contribution in [2.24, 2.45) is 17.2 Å². The van der Waals surface area contributed by atoms with Crippen LogP contribution in [0.15, 0.2) is 78.9 Å². The highest BCUT2D eigenvalue weighted by Crippen LogP contribution is 2.21. The lowest BCUT2D eigenvalue weighted by molar-refractivity contribution is -0.142. The van der Waals surface area contributed by atoms with Crippen LogP contribution in [0.2, 0.25) is 0 Å². The van der Waals surface area contributed by atoms with Crippen molar-refractivity contribution in [2.45, 2.75) is 94.5 Å². The maximum absolute atomic E-state index is 14.1. The molecule has 1 saturated heterocycles. The maximum atomic E-state index is 14.1. The van der Waals surface area contributed by atoms with E-state index in [1.165, 1.54) is 36.1 Å². The van der Waals surface area contributed by atoms with Crippen molar-refractivity contribution >= 4 is 41.4 Å². The molecule has 3 aromatic rings. The number of hydrogen-bond donors (Lipinski definition) is 10. The highest BCUT2D eigenvalue weighted by Gasteiger charge is 2.39. The molecule has 18 nitrogen and oxygen atoms in total. The number of unbranched alkanes of at least 4 members (excludes halogenated alkanes) is 1. The van der Waals surface area contributed by atoms with Crippen molar-refractivity contribution in [1.29, 1.82) is 0 Å². The van der Waals surface area contributed by atoms with Crippen LogP contribution >= 0.6 is 0 Å². The van der Waals surface area contributed by atoms with E-state index in [1.54, 1.807) is 54.6 Å². The van der Waals surface area contributed by atoms with Crippen molar-refractivity contribution in [3.63, 3.8) is 0 Å². The second kappa shape index (κ2) is 23.3. The predicted octanol–water partition coefficient (Wildman–Crippen LogP) is -0.866. The largest absolute Gasteiger partial charge is 0.508 e. The monoisotopic (exact) mass is 843 g/mol. The molecule has 0 aliphatic carbocycles. The summed E-state index contributed by atoms with van der Waals surface area (Å²) in [6.07, 6.45) is 2.42. The topological polar surface area (TPSA) is 301 Å². The summed E-state index contributed by atoms with van der Waals surface area (Å²) >= 11 is 0. The van der Waals surface area contributed by atoms with E-state index in [1.807, 2.05) is 0 Å². The van der Waals surface area contributed by atoms with Crippen LogP contribution in [-0.2, 0) is 52.8 Å². The number of benzene rings is 3.